The van der Waals surface area contributed by atoms with E-state index in [2.05, 4.69) is 25.7 Å². The van der Waals surface area contributed by atoms with Gasteiger partial charge in [0.25, 0.3) is 15.3 Å². The number of unbranched alkanes of at least 4 members (excludes halogenated alkanes) is 1. The van der Waals surface area contributed by atoms with Gasteiger partial charge in [-0.05, 0) is 40.9 Å². The fourth-order valence-corrected chi connectivity index (χ4v) is 5.99. The Morgan fingerprint density at radius 3 is 2.57 bits per heavy atom. The lowest BCUT2D eigenvalue weighted by molar-refractivity contribution is -0.134. The maximum Gasteiger partial charge on any atom is 0.350 e. The van der Waals surface area contributed by atoms with Crippen molar-refractivity contribution in [2.75, 3.05) is 13.4 Å². The summed E-state index contributed by atoms with van der Waals surface area (Å²) in [6.45, 7) is 1.28. The van der Waals surface area contributed by atoms with E-state index in [0.717, 1.165) is 41.9 Å². The summed E-state index contributed by atoms with van der Waals surface area (Å²) in [6, 6.07) is 3.88. The number of ether oxygens (including phenoxy) is 2. The fourth-order valence-electron chi connectivity index (χ4n) is 3.58. The van der Waals surface area contributed by atoms with Crippen molar-refractivity contribution in [3.8, 4) is 16.7 Å². The van der Waals surface area contributed by atoms with Gasteiger partial charge in [-0.1, -0.05) is 24.3 Å². The number of carbonyl (C=O) groups excluding carboxylic acids is 2. The molecule has 0 saturated carbocycles. The number of aromatic nitrogens is 1. The zero-order valence-corrected chi connectivity index (χ0v) is 25.5. The second-order valence-corrected chi connectivity index (χ2v) is 12.1. The second-order valence-electron chi connectivity index (χ2n) is 8.76. The van der Waals surface area contributed by atoms with E-state index in [1.165, 1.54) is 20.1 Å². The van der Waals surface area contributed by atoms with Crippen LogP contribution in [0.1, 0.15) is 46.9 Å². The molecular formula is C26H24BrF2NO10S2. The number of rotatable bonds is 13. The number of benzene rings is 1. The largest absolute Gasteiger partial charge is 0.507 e. The predicted octanol–water partition coefficient (Wildman–Crippen LogP) is 5.22. The summed E-state index contributed by atoms with van der Waals surface area (Å²) in [5.74, 6) is -5.83. The number of methoxy groups -OCH3 is 1. The number of ketones is 1. The van der Waals surface area contributed by atoms with Crippen LogP contribution in [0.3, 0.4) is 0 Å². The van der Waals surface area contributed by atoms with Crippen LogP contribution in [0.5, 0.6) is 16.7 Å². The Bertz CT molecular complexity index is 1670. The van der Waals surface area contributed by atoms with Gasteiger partial charge in [0, 0.05) is 24.6 Å². The van der Waals surface area contributed by atoms with Crippen molar-refractivity contribution in [3.63, 3.8) is 0 Å². The van der Waals surface area contributed by atoms with Crippen LogP contribution in [0.15, 0.2) is 50.2 Å². The standard InChI is InChI=1S/C26H24BrF2NO10S2/c1-13(21(33)20-18(31)12-14(38-25(20)34)7-5-4-6-8-19(32)37-2)22(40-42(3,35)36)23-24(27)30-26(41-23)39-15-9-10-16(28)17(29)11-15/h6,8-13,22,31H,4-5,7H2,1-3H3/b8-6+. The van der Waals surface area contributed by atoms with Crippen molar-refractivity contribution in [1.29, 1.82) is 0 Å². The van der Waals surface area contributed by atoms with E-state index in [1.54, 1.807) is 6.08 Å². The number of hydrogen-bond donors (Lipinski definition) is 1. The van der Waals surface area contributed by atoms with Gasteiger partial charge in [-0.15, -0.1) is 0 Å². The summed E-state index contributed by atoms with van der Waals surface area (Å²) in [7, 11) is -2.94. The summed E-state index contributed by atoms with van der Waals surface area (Å²) in [5.41, 5.74) is -1.85. The van der Waals surface area contributed by atoms with E-state index in [-0.39, 0.29) is 32.6 Å². The molecule has 0 aliphatic heterocycles. The summed E-state index contributed by atoms with van der Waals surface area (Å²) in [6.07, 6.45) is 3.11. The number of thiazole rings is 1. The molecule has 0 radical (unpaired) electrons. The van der Waals surface area contributed by atoms with Crippen molar-refractivity contribution in [3.05, 3.63) is 79.3 Å². The lowest BCUT2D eigenvalue weighted by Gasteiger charge is -2.21. The van der Waals surface area contributed by atoms with Crippen LogP contribution in [0, 0.1) is 17.6 Å². The highest BCUT2D eigenvalue weighted by Crippen LogP contribution is 2.42. The molecule has 2 aromatic heterocycles. The summed E-state index contributed by atoms with van der Waals surface area (Å²) in [4.78, 5) is 41.3. The predicted molar refractivity (Wildman–Crippen MR) is 149 cm³/mol. The SMILES string of the molecule is COC(=O)/C=C/CCCc1cc(O)c(C(=O)C(C)C(OS(C)(=O)=O)c2sc(Oc3ccc(F)c(F)c3)nc2Br)c(=O)o1. The van der Waals surface area contributed by atoms with Crippen LogP contribution in [-0.4, -0.2) is 43.6 Å². The fraction of sp³-hybridized carbons (Fsp3) is 0.308. The van der Waals surface area contributed by atoms with E-state index in [4.69, 9.17) is 13.3 Å². The van der Waals surface area contributed by atoms with Crippen LogP contribution in [0.25, 0.3) is 0 Å². The molecule has 0 fully saturated rings. The molecule has 0 spiro atoms. The average Bonchev–Trinajstić information content (AvgIpc) is 3.26. The highest BCUT2D eigenvalue weighted by molar-refractivity contribution is 9.10. The Morgan fingerprint density at radius 2 is 1.95 bits per heavy atom. The Balaban J connectivity index is 1.86. The van der Waals surface area contributed by atoms with Gasteiger partial charge in [-0.2, -0.15) is 13.4 Å². The summed E-state index contributed by atoms with van der Waals surface area (Å²) in [5, 5.41) is 10.4. The van der Waals surface area contributed by atoms with Crippen molar-refractivity contribution >= 4 is 49.1 Å². The maximum absolute atomic E-state index is 13.6. The number of nitrogens with zero attached hydrogens (tertiary/aromatic N) is 1. The first-order valence-electron chi connectivity index (χ1n) is 12.0. The molecule has 0 aliphatic rings. The lowest BCUT2D eigenvalue weighted by Crippen LogP contribution is -2.27. The summed E-state index contributed by atoms with van der Waals surface area (Å²) >= 11 is 3.91. The molecule has 3 rings (SSSR count). The molecule has 3 aromatic rings. The highest BCUT2D eigenvalue weighted by atomic mass is 79.9. The molecule has 2 unspecified atom stereocenters. The van der Waals surface area contributed by atoms with Crippen LogP contribution in [0.4, 0.5) is 8.78 Å². The first-order valence-corrected chi connectivity index (χ1v) is 15.4. The van der Waals surface area contributed by atoms with E-state index >= 15 is 0 Å². The van der Waals surface area contributed by atoms with Crippen molar-refractivity contribution in [2.24, 2.45) is 5.92 Å². The average molecular weight is 693 g/mol. The van der Waals surface area contributed by atoms with Crippen molar-refractivity contribution in [2.45, 2.75) is 32.3 Å². The Hall–Kier alpha value is -3.47. The third kappa shape index (κ3) is 8.77. The number of aromatic hydroxyl groups is 1. The first kappa shape index (κ1) is 33.0. The van der Waals surface area contributed by atoms with E-state index in [9.17, 15) is 36.7 Å². The van der Waals surface area contributed by atoms with Gasteiger partial charge in [0.2, 0.25) is 0 Å². The molecule has 0 aliphatic carbocycles. The molecule has 226 valence electrons. The highest BCUT2D eigenvalue weighted by Gasteiger charge is 2.36. The first-order chi connectivity index (χ1) is 19.7. The van der Waals surface area contributed by atoms with Crippen LogP contribution < -0.4 is 10.4 Å². The molecule has 0 bridgehead atoms. The van der Waals surface area contributed by atoms with E-state index in [0.29, 0.717) is 12.8 Å². The monoisotopic (exact) mass is 691 g/mol. The van der Waals surface area contributed by atoms with Gasteiger partial charge < -0.3 is 19.0 Å². The van der Waals surface area contributed by atoms with E-state index in [1.807, 2.05) is 0 Å². The topological polar surface area (TPSA) is 159 Å². The number of carbonyl (C=O) groups is 2. The Labute approximate surface area is 251 Å². The molecule has 16 heteroatoms. The minimum Gasteiger partial charge on any atom is -0.507 e. The maximum atomic E-state index is 13.6. The molecule has 42 heavy (non-hydrogen) atoms. The number of aryl methyl sites for hydroxylation is 1. The van der Waals surface area contributed by atoms with Crippen molar-refractivity contribution < 1.29 is 50.0 Å². The number of allylic oxidation sites excluding steroid dienone is 1. The Morgan fingerprint density at radius 1 is 1.24 bits per heavy atom. The van der Waals surface area contributed by atoms with Gasteiger partial charge in [0.1, 0.15) is 33.5 Å². The smallest absolute Gasteiger partial charge is 0.350 e. The molecule has 0 amide bonds. The zero-order chi connectivity index (χ0) is 31.2. The minimum absolute atomic E-state index is 0.0197. The van der Waals surface area contributed by atoms with Crippen LogP contribution >= 0.6 is 27.3 Å². The Kier molecular flexibility index (Phi) is 11.1. The van der Waals surface area contributed by atoms with Crippen LogP contribution in [0.2, 0.25) is 0 Å². The second kappa shape index (κ2) is 14.1. The van der Waals surface area contributed by atoms with Gasteiger partial charge in [-0.25, -0.2) is 18.4 Å². The number of esters is 1. The molecule has 1 aromatic carbocycles. The molecule has 2 heterocycles. The van der Waals surface area contributed by atoms with Gasteiger partial charge >= 0.3 is 11.6 Å². The quantitative estimate of drug-likeness (QED) is 0.0823. The van der Waals surface area contributed by atoms with Gasteiger partial charge in [0.05, 0.1) is 24.2 Å². The third-order valence-corrected chi connectivity index (χ3v) is 7.99. The number of Topliss-reactive ketones (excluding diaryl/α,β-unsaturated/α-hetero) is 1. The summed E-state index contributed by atoms with van der Waals surface area (Å²) < 4.78 is 71.4. The molecule has 11 nitrogen and oxygen atoms in total. The molecular weight excluding hydrogens is 668 g/mol. The van der Waals surface area contributed by atoms with Crippen LogP contribution in [-0.2, 0) is 30.3 Å². The number of hydrogen-bond acceptors (Lipinski definition) is 12. The van der Waals surface area contributed by atoms with Gasteiger partial charge in [-0.3, -0.25) is 8.98 Å². The number of halogens is 3. The molecule has 1 N–H and O–H groups in total. The van der Waals surface area contributed by atoms with Crippen molar-refractivity contribution in [1.82, 2.24) is 4.98 Å². The normalized spacial score (nSPS) is 13.2. The van der Waals surface area contributed by atoms with Gasteiger partial charge in [0.15, 0.2) is 17.4 Å². The lowest BCUT2D eigenvalue weighted by atomic mass is 9.94. The zero-order valence-electron chi connectivity index (χ0n) is 22.3. The molecule has 2 atom stereocenters. The molecule has 0 saturated heterocycles. The minimum atomic E-state index is -4.18. The van der Waals surface area contributed by atoms with E-state index < -0.39 is 62.5 Å². The third-order valence-electron chi connectivity index (χ3n) is 5.57.